The molecule has 5 nitrogen and oxygen atoms in total. The number of hydrogen-bond acceptors (Lipinski definition) is 3. The van der Waals surface area contributed by atoms with Crippen molar-refractivity contribution in [2.45, 2.75) is 33.1 Å². The minimum Gasteiger partial charge on any atom is -0.396 e. The van der Waals surface area contributed by atoms with Crippen molar-refractivity contribution < 1.29 is 9.90 Å². The van der Waals surface area contributed by atoms with Gasteiger partial charge in [0.1, 0.15) is 0 Å². The van der Waals surface area contributed by atoms with Gasteiger partial charge >= 0.3 is 0 Å². The summed E-state index contributed by atoms with van der Waals surface area (Å²) >= 11 is 0. The molecule has 2 heterocycles. The Kier molecular flexibility index (Phi) is 4.83. The molecule has 0 saturated carbocycles. The van der Waals surface area contributed by atoms with E-state index >= 15 is 0 Å². The molecule has 1 saturated heterocycles. The minimum atomic E-state index is 0.0143. The standard InChI is InChI=1S/C16H25N3O2/c1-4-16(12-20)7-9-19(10-8-16)15(21)6-5-14-11-17-18(3)13(14)2/h5-6,11,20H,4,7-10,12H2,1-3H3/b6-5+. The van der Waals surface area contributed by atoms with E-state index in [0.29, 0.717) is 0 Å². The molecule has 0 radical (unpaired) electrons. The van der Waals surface area contributed by atoms with Crippen LogP contribution in [0.1, 0.15) is 37.4 Å². The first kappa shape index (κ1) is 15.8. The van der Waals surface area contributed by atoms with Crippen LogP contribution < -0.4 is 0 Å². The summed E-state index contributed by atoms with van der Waals surface area (Å²) in [5.41, 5.74) is 2.03. The van der Waals surface area contributed by atoms with E-state index in [1.165, 1.54) is 0 Å². The van der Waals surface area contributed by atoms with Crippen LogP contribution >= 0.6 is 0 Å². The van der Waals surface area contributed by atoms with E-state index < -0.39 is 0 Å². The summed E-state index contributed by atoms with van der Waals surface area (Å²) < 4.78 is 1.79. The maximum absolute atomic E-state index is 12.2. The highest BCUT2D eigenvalue weighted by molar-refractivity contribution is 5.91. The molecule has 1 aromatic heterocycles. The number of likely N-dealkylation sites (tertiary alicyclic amines) is 1. The van der Waals surface area contributed by atoms with Crippen LogP contribution in [0.15, 0.2) is 12.3 Å². The number of carbonyl (C=O) groups is 1. The molecule has 1 fully saturated rings. The monoisotopic (exact) mass is 291 g/mol. The number of rotatable bonds is 4. The van der Waals surface area contributed by atoms with Crippen molar-refractivity contribution in [2.75, 3.05) is 19.7 Å². The molecule has 0 aliphatic carbocycles. The molecule has 0 atom stereocenters. The molecule has 1 aliphatic heterocycles. The first-order chi connectivity index (χ1) is 10.0. The number of carbonyl (C=O) groups excluding carboxylic acids is 1. The molecule has 1 aliphatic rings. The summed E-state index contributed by atoms with van der Waals surface area (Å²) in [6, 6.07) is 0. The van der Waals surface area contributed by atoms with Gasteiger partial charge in [-0.25, -0.2) is 0 Å². The number of aliphatic hydroxyl groups excluding tert-OH is 1. The first-order valence-electron chi connectivity index (χ1n) is 7.58. The highest BCUT2D eigenvalue weighted by Gasteiger charge is 2.33. The van der Waals surface area contributed by atoms with E-state index in [1.54, 1.807) is 17.0 Å². The lowest BCUT2D eigenvalue weighted by atomic mass is 9.77. The van der Waals surface area contributed by atoms with Gasteiger partial charge in [0.15, 0.2) is 0 Å². The van der Waals surface area contributed by atoms with E-state index in [1.807, 2.05) is 24.9 Å². The Labute approximate surface area is 126 Å². The molecule has 1 aromatic rings. The van der Waals surface area contributed by atoms with Crippen molar-refractivity contribution in [3.8, 4) is 0 Å². The number of amides is 1. The van der Waals surface area contributed by atoms with Gasteiger partial charge < -0.3 is 10.0 Å². The Bertz CT molecular complexity index is 520. The third-order valence-electron chi connectivity index (χ3n) is 4.90. The number of nitrogens with zero attached hydrogens (tertiary/aromatic N) is 3. The van der Waals surface area contributed by atoms with Gasteiger partial charge in [0.25, 0.3) is 0 Å². The van der Waals surface area contributed by atoms with Crippen LogP contribution in [0.25, 0.3) is 6.08 Å². The Hall–Kier alpha value is -1.62. The van der Waals surface area contributed by atoms with Crippen molar-refractivity contribution in [3.05, 3.63) is 23.5 Å². The average Bonchev–Trinajstić information content (AvgIpc) is 2.84. The zero-order chi connectivity index (χ0) is 15.5. The maximum Gasteiger partial charge on any atom is 0.246 e. The average molecular weight is 291 g/mol. The fourth-order valence-corrected chi connectivity index (χ4v) is 2.77. The van der Waals surface area contributed by atoms with E-state index in [0.717, 1.165) is 43.6 Å². The van der Waals surface area contributed by atoms with E-state index in [4.69, 9.17) is 0 Å². The summed E-state index contributed by atoms with van der Waals surface area (Å²) in [4.78, 5) is 14.1. The van der Waals surface area contributed by atoms with Crippen LogP contribution in [0.5, 0.6) is 0 Å². The highest BCUT2D eigenvalue weighted by atomic mass is 16.3. The van der Waals surface area contributed by atoms with Gasteiger partial charge in [-0.15, -0.1) is 0 Å². The summed E-state index contributed by atoms with van der Waals surface area (Å²) in [5.74, 6) is 0.0425. The third-order valence-corrected chi connectivity index (χ3v) is 4.90. The van der Waals surface area contributed by atoms with Crippen molar-refractivity contribution in [3.63, 3.8) is 0 Å². The molecule has 21 heavy (non-hydrogen) atoms. The Morgan fingerprint density at radius 2 is 2.14 bits per heavy atom. The lowest BCUT2D eigenvalue weighted by Crippen LogP contribution is -2.43. The van der Waals surface area contributed by atoms with Gasteiger partial charge in [-0.05, 0) is 37.7 Å². The van der Waals surface area contributed by atoms with E-state index in [9.17, 15) is 9.90 Å². The van der Waals surface area contributed by atoms with Gasteiger partial charge in [0.2, 0.25) is 5.91 Å². The van der Waals surface area contributed by atoms with Gasteiger partial charge in [-0.3, -0.25) is 9.48 Å². The van der Waals surface area contributed by atoms with Crippen LogP contribution in [0, 0.1) is 12.3 Å². The molecular formula is C16H25N3O2. The zero-order valence-corrected chi connectivity index (χ0v) is 13.2. The molecule has 5 heteroatoms. The second-order valence-corrected chi connectivity index (χ2v) is 5.98. The molecule has 0 bridgehead atoms. The smallest absolute Gasteiger partial charge is 0.246 e. The van der Waals surface area contributed by atoms with E-state index in [2.05, 4.69) is 12.0 Å². The summed E-state index contributed by atoms with van der Waals surface area (Å²) in [7, 11) is 1.89. The molecular weight excluding hydrogens is 266 g/mol. The highest BCUT2D eigenvalue weighted by Crippen LogP contribution is 2.34. The quantitative estimate of drug-likeness (QED) is 0.860. The molecule has 0 aromatic carbocycles. The lowest BCUT2D eigenvalue weighted by molar-refractivity contribution is -0.128. The first-order valence-corrected chi connectivity index (χ1v) is 7.58. The van der Waals surface area contributed by atoms with Crippen LogP contribution in [0.4, 0.5) is 0 Å². The topological polar surface area (TPSA) is 58.4 Å². The van der Waals surface area contributed by atoms with Crippen LogP contribution in [-0.2, 0) is 11.8 Å². The van der Waals surface area contributed by atoms with Gasteiger partial charge in [-0.1, -0.05) is 6.92 Å². The van der Waals surface area contributed by atoms with Crippen molar-refractivity contribution >= 4 is 12.0 Å². The molecule has 1 amide bonds. The van der Waals surface area contributed by atoms with Crippen LogP contribution in [-0.4, -0.2) is 45.4 Å². The Balaban J connectivity index is 1.95. The summed E-state index contributed by atoms with van der Waals surface area (Å²) in [5, 5.41) is 13.7. The molecule has 0 unspecified atom stereocenters. The lowest BCUT2D eigenvalue weighted by Gasteiger charge is -2.39. The normalized spacial score (nSPS) is 18.4. The maximum atomic E-state index is 12.2. The summed E-state index contributed by atoms with van der Waals surface area (Å²) in [6.45, 7) is 5.76. The number of piperidine rings is 1. The van der Waals surface area contributed by atoms with E-state index in [-0.39, 0.29) is 17.9 Å². The third kappa shape index (κ3) is 3.35. The second kappa shape index (κ2) is 6.43. The number of aromatic nitrogens is 2. The Morgan fingerprint density at radius 1 is 1.48 bits per heavy atom. The fraction of sp³-hybridized carbons (Fsp3) is 0.625. The molecule has 2 rings (SSSR count). The second-order valence-electron chi connectivity index (χ2n) is 5.98. The van der Waals surface area contributed by atoms with Gasteiger partial charge in [-0.2, -0.15) is 5.10 Å². The predicted molar refractivity (Wildman–Crippen MR) is 82.6 cm³/mol. The predicted octanol–water partition coefficient (Wildman–Crippen LogP) is 1.75. The molecule has 0 spiro atoms. The van der Waals surface area contributed by atoms with Gasteiger partial charge in [0.05, 0.1) is 6.20 Å². The van der Waals surface area contributed by atoms with Crippen LogP contribution in [0.3, 0.4) is 0 Å². The number of aryl methyl sites for hydroxylation is 1. The minimum absolute atomic E-state index is 0.0143. The van der Waals surface area contributed by atoms with Gasteiger partial charge in [0, 0.05) is 44.1 Å². The molecule has 116 valence electrons. The largest absolute Gasteiger partial charge is 0.396 e. The Morgan fingerprint density at radius 3 is 2.62 bits per heavy atom. The zero-order valence-electron chi connectivity index (χ0n) is 13.2. The number of aliphatic hydroxyl groups is 1. The van der Waals surface area contributed by atoms with Crippen molar-refractivity contribution in [2.24, 2.45) is 12.5 Å². The van der Waals surface area contributed by atoms with Crippen molar-refractivity contribution in [1.29, 1.82) is 0 Å². The van der Waals surface area contributed by atoms with Crippen molar-refractivity contribution in [1.82, 2.24) is 14.7 Å². The molecule has 1 N–H and O–H groups in total. The van der Waals surface area contributed by atoms with Crippen LogP contribution in [0.2, 0.25) is 0 Å². The SMILES string of the molecule is CCC1(CO)CCN(C(=O)/C=C/c2cnn(C)c2C)CC1. The summed E-state index contributed by atoms with van der Waals surface area (Å²) in [6.07, 6.45) is 7.96. The number of hydrogen-bond donors (Lipinski definition) is 1. The fourth-order valence-electron chi connectivity index (χ4n) is 2.77.